The van der Waals surface area contributed by atoms with Crippen LogP contribution in [0.5, 0.6) is 0 Å². The average Bonchev–Trinajstić information content (AvgIpc) is 2.34. The van der Waals surface area contributed by atoms with Crippen molar-refractivity contribution in [2.75, 3.05) is 12.9 Å². The van der Waals surface area contributed by atoms with Crippen molar-refractivity contribution in [1.29, 1.82) is 0 Å². The van der Waals surface area contributed by atoms with Crippen molar-refractivity contribution in [3.63, 3.8) is 0 Å². The molecule has 0 spiro atoms. The SMILES string of the molecule is CC(C)(C)OC(=O)C[C@H](COS(C)(=O)=O)Cc1ccccc1. The zero-order valence-corrected chi connectivity index (χ0v) is 14.4. The molecule has 1 aromatic carbocycles. The van der Waals surface area contributed by atoms with E-state index in [0.29, 0.717) is 6.42 Å². The van der Waals surface area contributed by atoms with E-state index in [1.54, 1.807) is 20.8 Å². The molecule has 0 aliphatic carbocycles. The second-order valence-electron chi connectivity index (χ2n) is 6.33. The van der Waals surface area contributed by atoms with Gasteiger partial charge in [0.25, 0.3) is 10.1 Å². The highest BCUT2D eigenvalue weighted by Crippen LogP contribution is 2.17. The summed E-state index contributed by atoms with van der Waals surface area (Å²) in [5.74, 6) is -0.613. The quantitative estimate of drug-likeness (QED) is 0.568. The van der Waals surface area contributed by atoms with Crippen LogP contribution in [0, 0.1) is 5.92 Å². The molecule has 22 heavy (non-hydrogen) atoms. The molecule has 1 rings (SSSR count). The fourth-order valence-electron chi connectivity index (χ4n) is 1.98. The van der Waals surface area contributed by atoms with Gasteiger partial charge in [-0.3, -0.25) is 8.98 Å². The summed E-state index contributed by atoms with van der Waals surface area (Å²) in [6.45, 7) is 5.35. The molecule has 0 fully saturated rings. The third kappa shape index (κ3) is 8.79. The van der Waals surface area contributed by atoms with E-state index in [-0.39, 0.29) is 24.9 Å². The van der Waals surface area contributed by atoms with Gasteiger partial charge in [0.05, 0.1) is 19.3 Å². The number of esters is 1. The predicted molar refractivity (Wildman–Crippen MR) is 84.9 cm³/mol. The van der Waals surface area contributed by atoms with Gasteiger partial charge >= 0.3 is 5.97 Å². The molecule has 0 aliphatic rings. The molecule has 0 N–H and O–H groups in total. The molecule has 0 aromatic heterocycles. The predicted octanol–water partition coefficient (Wildman–Crippen LogP) is 2.55. The van der Waals surface area contributed by atoms with Gasteiger partial charge in [-0.1, -0.05) is 30.3 Å². The van der Waals surface area contributed by atoms with Crippen molar-refractivity contribution in [2.24, 2.45) is 5.92 Å². The smallest absolute Gasteiger partial charge is 0.306 e. The Morgan fingerprint density at radius 2 is 1.77 bits per heavy atom. The zero-order valence-electron chi connectivity index (χ0n) is 13.5. The summed E-state index contributed by atoms with van der Waals surface area (Å²) in [6, 6.07) is 9.57. The highest BCUT2D eigenvalue weighted by molar-refractivity contribution is 7.85. The Bertz CT molecular complexity index is 572. The van der Waals surface area contributed by atoms with Crippen molar-refractivity contribution < 1.29 is 22.1 Å². The Balaban J connectivity index is 2.71. The molecule has 0 saturated heterocycles. The number of ether oxygens (including phenoxy) is 1. The van der Waals surface area contributed by atoms with Crippen LogP contribution in [0.15, 0.2) is 30.3 Å². The van der Waals surface area contributed by atoms with Crippen LogP contribution in [-0.4, -0.2) is 32.9 Å². The minimum atomic E-state index is -3.53. The van der Waals surface area contributed by atoms with Crippen LogP contribution in [0.2, 0.25) is 0 Å². The maximum atomic E-state index is 12.0. The van der Waals surface area contributed by atoms with Crippen LogP contribution in [0.1, 0.15) is 32.8 Å². The van der Waals surface area contributed by atoms with E-state index in [2.05, 4.69) is 0 Å². The standard InChI is InChI=1S/C16H24O5S/c1-16(2,3)21-15(17)11-14(12-20-22(4,18)19)10-13-8-6-5-7-9-13/h5-9,14H,10-12H2,1-4H3/t14-/m1/s1. The Morgan fingerprint density at radius 1 is 1.18 bits per heavy atom. The number of rotatable bonds is 7. The van der Waals surface area contributed by atoms with Crippen LogP contribution in [0.25, 0.3) is 0 Å². The number of benzene rings is 1. The van der Waals surface area contributed by atoms with Crippen LogP contribution >= 0.6 is 0 Å². The number of hydrogen-bond donors (Lipinski definition) is 0. The van der Waals surface area contributed by atoms with Gasteiger partial charge in [0.1, 0.15) is 5.60 Å². The summed E-state index contributed by atoms with van der Waals surface area (Å²) < 4.78 is 32.5. The van der Waals surface area contributed by atoms with E-state index < -0.39 is 15.7 Å². The molecule has 0 aliphatic heterocycles. The maximum absolute atomic E-state index is 12.0. The van der Waals surface area contributed by atoms with Gasteiger partial charge in [0.2, 0.25) is 0 Å². The molecule has 6 heteroatoms. The first-order valence-electron chi connectivity index (χ1n) is 7.15. The molecule has 0 radical (unpaired) electrons. The molecular formula is C16H24O5S. The van der Waals surface area contributed by atoms with Gasteiger partial charge in [0, 0.05) is 0 Å². The first kappa shape index (κ1) is 18.6. The average molecular weight is 328 g/mol. The molecule has 0 saturated carbocycles. The second-order valence-corrected chi connectivity index (χ2v) is 7.98. The minimum absolute atomic E-state index is 0.0348. The van der Waals surface area contributed by atoms with Gasteiger partial charge in [-0.2, -0.15) is 8.42 Å². The van der Waals surface area contributed by atoms with Crippen LogP contribution < -0.4 is 0 Å². The van der Waals surface area contributed by atoms with Crippen molar-refractivity contribution in [3.05, 3.63) is 35.9 Å². The molecule has 5 nitrogen and oxygen atoms in total. The van der Waals surface area contributed by atoms with Crippen LogP contribution in [0.4, 0.5) is 0 Å². The Morgan fingerprint density at radius 3 is 2.27 bits per heavy atom. The monoisotopic (exact) mass is 328 g/mol. The largest absolute Gasteiger partial charge is 0.460 e. The lowest BCUT2D eigenvalue weighted by molar-refractivity contribution is -0.156. The van der Waals surface area contributed by atoms with E-state index in [4.69, 9.17) is 8.92 Å². The third-order valence-corrected chi connectivity index (χ3v) is 3.32. The highest BCUT2D eigenvalue weighted by Gasteiger charge is 2.22. The third-order valence-electron chi connectivity index (χ3n) is 2.76. The normalized spacial score (nSPS) is 13.6. The molecule has 1 atom stereocenters. The van der Waals surface area contributed by atoms with E-state index in [1.165, 1.54) is 0 Å². The Hall–Kier alpha value is -1.40. The first-order valence-corrected chi connectivity index (χ1v) is 8.97. The minimum Gasteiger partial charge on any atom is -0.460 e. The van der Waals surface area contributed by atoms with Crippen molar-refractivity contribution in [1.82, 2.24) is 0 Å². The van der Waals surface area contributed by atoms with Gasteiger partial charge in [0.15, 0.2) is 0 Å². The molecule has 0 bridgehead atoms. The van der Waals surface area contributed by atoms with Crippen molar-refractivity contribution in [3.8, 4) is 0 Å². The van der Waals surface area contributed by atoms with E-state index in [0.717, 1.165) is 11.8 Å². The van der Waals surface area contributed by atoms with Gasteiger partial charge in [-0.05, 0) is 38.7 Å². The maximum Gasteiger partial charge on any atom is 0.306 e. The van der Waals surface area contributed by atoms with Crippen molar-refractivity contribution in [2.45, 2.75) is 39.2 Å². The number of carbonyl (C=O) groups excluding carboxylic acids is 1. The molecular weight excluding hydrogens is 304 g/mol. The van der Waals surface area contributed by atoms with E-state index in [9.17, 15) is 13.2 Å². The fraction of sp³-hybridized carbons (Fsp3) is 0.562. The summed E-state index contributed by atoms with van der Waals surface area (Å²) >= 11 is 0. The van der Waals surface area contributed by atoms with Crippen LogP contribution in [0.3, 0.4) is 0 Å². The van der Waals surface area contributed by atoms with E-state index in [1.807, 2.05) is 30.3 Å². The summed E-state index contributed by atoms with van der Waals surface area (Å²) in [4.78, 5) is 12.0. The summed E-state index contributed by atoms with van der Waals surface area (Å²) in [6.07, 6.45) is 1.66. The summed E-state index contributed by atoms with van der Waals surface area (Å²) in [5, 5.41) is 0. The summed E-state index contributed by atoms with van der Waals surface area (Å²) in [5.41, 5.74) is 0.458. The fourth-order valence-corrected chi connectivity index (χ4v) is 2.42. The Kier molecular flexibility index (Phi) is 6.56. The van der Waals surface area contributed by atoms with Gasteiger partial charge in [-0.25, -0.2) is 0 Å². The van der Waals surface area contributed by atoms with Crippen LogP contribution in [-0.2, 0) is 30.3 Å². The number of carbonyl (C=O) groups is 1. The second kappa shape index (κ2) is 7.74. The molecule has 0 amide bonds. The first-order chi connectivity index (χ1) is 10.1. The van der Waals surface area contributed by atoms with E-state index >= 15 is 0 Å². The topological polar surface area (TPSA) is 69.7 Å². The highest BCUT2D eigenvalue weighted by atomic mass is 32.2. The summed E-state index contributed by atoms with van der Waals surface area (Å²) in [7, 11) is -3.53. The van der Waals surface area contributed by atoms with Crippen molar-refractivity contribution >= 4 is 16.1 Å². The number of hydrogen-bond acceptors (Lipinski definition) is 5. The molecule has 0 heterocycles. The lowest BCUT2D eigenvalue weighted by atomic mass is 9.97. The van der Waals surface area contributed by atoms with Gasteiger partial charge < -0.3 is 4.74 Å². The lowest BCUT2D eigenvalue weighted by Crippen LogP contribution is -2.27. The molecule has 124 valence electrons. The van der Waals surface area contributed by atoms with Gasteiger partial charge in [-0.15, -0.1) is 0 Å². The lowest BCUT2D eigenvalue weighted by Gasteiger charge is -2.22. The molecule has 0 unspecified atom stereocenters. The molecule has 1 aromatic rings. The zero-order chi connectivity index (χ0) is 16.8. The Labute approximate surface area is 132 Å².